The van der Waals surface area contributed by atoms with Gasteiger partial charge in [-0.05, 0) is 30.3 Å². The third-order valence-electron chi connectivity index (χ3n) is 2.61. The molecule has 0 heterocycles. The Kier molecular flexibility index (Phi) is 4.81. The normalized spacial score (nSPS) is 10.3. The monoisotopic (exact) mass is 329 g/mol. The summed E-state index contributed by atoms with van der Waals surface area (Å²) in [6, 6.07) is 9.36. The lowest BCUT2D eigenvalue weighted by Gasteiger charge is -2.09. The fourth-order valence-corrected chi connectivity index (χ4v) is 2.13. The van der Waals surface area contributed by atoms with Crippen LogP contribution in [0.5, 0.6) is 5.75 Å². The van der Waals surface area contributed by atoms with Gasteiger partial charge in [0.15, 0.2) is 0 Å². The van der Waals surface area contributed by atoms with Crippen molar-refractivity contribution in [2.75, 3.05) is 0 Å². The molecule has 0 fully saturated rings. The molecule has 0 unspecified atom stereocenters. The molecule has 0 saturated carbocycles. The van der Waals surface area contributed by atoms with Gasteiger partial charge in [0.2, 0.25) is 0 Å². The van der Waals surface area contributed by atoms with Crippen LogP contribution in [0.1, 0.15) is 11.1 Å². The van der Waals surface area contributed by atoms with Crippen LogP contribution in [0.15, 0.2) is 36.4 Å². The van der Waals surface area contributed by atoms with Gasteiger partial charge in [0.25, 0.3) is 0 Å². The van der Waals surface area contributed by atoms with Crippen molar-refractivity contribution >= 4 is 40.4 Å². The summed E-state index contributed by atoms with van der Waals surface area (Å²) in [4.78, 5) is 0.00642. The molecule has 104 valence electrons. The number of benzene rings is 2. The van der Waals surface area contributed by atoms with Crippen molar-refractivity contribution in [2.24, 2.45) is 5.73 Å². The Labute approximate surface area is 131 Å². The third-order valence-corrected chi connectivity index (χ3v) is 3.43. The van der Waals surface area contributed by atoms with E-state index in [1.165, 1.54) is 12.1 Å². The van der Waals surface area contributed by atoms with Crippen molar-refractivity contribution in [1.29, 1.82) is 0 Å². The summed E-state index contributed by atoms with van der Waals surface area (Å²) < 4.78 is 19.2. The Morgan fingerprint density at radius 1 is 1.20 bits per heavy atom. The van der Waals surface area contributed by atoms with Gasteiger partial charge in [-0.1, -0.05) is 35.4 Å². The van der Waals surface area contributed by atoms with E-state index < -0.39 is 5.82 Å². The summed E-state index contributed by atoms with van der Waals surface area (Å²) >= 11 is 16.6. The SMILES string of the molecule is NC(=S)c1ccc(OCc2cc(Cl)ccc2Cl)cc1F. The smallest absolute Gasteiger partial charge is 0.137 e. The molecule has 0 radical (unpaired) electrons. The lowest BCUT2D eigenvalue weighted by Crippen LogP contribution is -2.11. The van der Waals surface area contributed by atoms with Gasteiger partial charge < -0.3 is 10.5 Å². The van der Waals surface area contributed by atoms with E-state index in [9.17, 15) is 4.39 Å². The number of hydrogen-bond acceptors (Lipinski definition) is 2. The van der Waals surface area contributed by atoms with Gasteiger partial charge in [0.05, 0.1) is 0 Å². The second kappa shape index (κ2) is 6.39. The van der Waals surface area contributed by atoms with Crippen molar-refractivity contribution in [3.05, 3.63) is 63.4 Å². The van der Waals surface area contributed by atoms with Crippen LogP contribution >= 0.6 is 35.4 Å². The molecule has 6 heteroatoms. The minimum Gasteiger partial charge on any atom is -0.489 e. The molecule has 0 bridgehead atoms. The summed E-state index contributed by atoms with van der Waals surface area (Å²) in [6.45, 7) is 0.186. The van der Waals surface area contributed by atoms with Gasteiger partial charge in [0, 0.05) is 27.2 Å². The highest BCUT2D eigenvalue weighted by Crippen LogP contribution is 2.23. The third kappa shape index (κ3) is 3.60. The second-order valence-corrected chi connectivity index (χ2v) is 5.31. The molecule has 0 aliphatic heterocycles. The van der Waals surface area contributed by atoms with Crippen LogP contribution in [0, 0.1) is 5.82 Å². The van der Waals surface area contributed by atoms with E-state index in [0.717, 1.165) is 5.56 Å². The molecule has 0 aliphatic rings. The Hall–Kier alpha value is -1.36. The van der Waals surface area contributed by atoms with Crippen LogP contribution in [0.3, 0.4) is 0 Å². The highest BCUT2D eigenvalue weighted by atomic mass is 35.5. The first-order chi connectivity index (χ1) is 9.47. The van der Waals surface area contributed by atoms with Crippen molar-refractivity contribution < 1.29 is 9.13 Å². The lowest BCUT2D eigenvalue weighted by molar-refractivity contribution is 0.304. The van der Waals surface area contributed by atoms with E-state index in [4.69, 9.17) is 45.9 Å². The largest absolute Gasteiger partial charge is 0.489 e. The standard InChI is InChI=1S/C14H10Cl2FNOS/c15-9-1-4-12(16)8(5-9)7-19-10-2-3-11(14(18)20)13(17)6-10/h1-6H,7H2,(H2,18,20). The Balaban J connectivity index is 2.13. The number of halogens is 3. The van der Waals surface area contributed by atoms with Crippen LogP contribution < -0.4 is 10.5 Å². The second-order valence-electron chi connectivity index (χ2n) is 4.03. The van der Waals surface area contributed by atoms with Crippen molar-refractivity contribution in [3.8, 4) is 5.75 Å². The molecule has 0 atom stereocenters. The van der Waals surface area contributed by atoms with Crippen LogP contribution in [0.2, 0.25) is 10.0 Å². The number of nitrogens with two attached hydrogens (primary N) is 1. The molecular weight excluding hydrogens is 320 g/mol. The maximum Gasteiger partial charge on any atom is 0.137 e. The van der Waals surface area contributed by atoms with Gasteiger partial charge in [-0.2, -0.15) is 0 Å². The average molecular weight is 330 g/mol. The first-order valence-corrected chi connectivity index (χ1v) is 6.80. The van der Waals surface area contributed by atoms with Gasteiger partial charge >= 0.3 is 0 Å². The summed E-state index contributed by atoms with van der Waals surface area (Å²) in [5.74, 6) is -0.161. The summed E-state index contributed by atoms with van der Waals surface area (Å²) in [5, 5.41) is 1.10. The van der Waals surface area contributed by atoms with E-state index in [1.807, 2.05) is 0 Å². The first kappa shape index (κ1) is 15.0. The maximum absolute atomic E-state index is 13.7. The molecule has 2 aromatic rings. The van der Waals surface area contributed by atoms with Crippen LogP contribution in [0.4, 0.5) is 4.39 Å². The number of ether oxygens (including phenoxy) is 1. The summed E-state index contributed by atoms with van der Waals surface area (Å²) in [6.07, 6.45) is 0. The zero-order valence-electron chi connectivity index (χ0n) is 10.2. The maximum atomic E-state index is 13.7. The predicted molar refractivity (Wildman–Crippen MR) is 83.1 cm³/mol. The van der Waals surface area contributed by atoms with Gasteiger partial charge in [-0.25, -0.2) is 4.39 Å². The number of thiocarbonyl (C=S) groups is 1. The van der Waals surface area contributed by atoms with E-state index in [-0.39, 0.29) is 17.2 Å². The zero-order chi connectivity index (χ0) is 14.7. The number of hydrogen-bond donors (Lipinski definition) is 1. The summed E-state index contributed by atoms with van der Waals surface area (Å²) in [5.41, 5.74) is 6.29. The quantitative estimate of drug-likeness (QED) is 0.847. The lowest BCUT2D eigenvalue weighted by atomic mass is 10.2. The molecule has 0 spiro atoms. The first-order valence-electron chi connectivity index (χ1n) is 5.63. The van der Waals surface area contributed by atoms with E-state index >= 15 is 0 Å². The highest BCUT2D eigenvalue weighted by molar-refractivity contribution is 7.80. The minimum absolute atomic E-state index is 0.00642. The minimum atomic E-state index is -0.521. The Morgan fingerprint density at radius 3 is 2.60 bits per heavy atom. The van der Waals surface area contributed by atoms with Gasteiger partial charge in [-0.3, -0.25) is 0 Å². The highest BCUT2D eigenvalue weighted by Gasteiger charge is 2.08. The molecule has 0 aliphatic carbocycles. The molecule has 0 amide bonds. The average Bonchev–Trinajstić information content (AvgIpc) is 2.39. The molecule has 20 heavy (non-hydrogen) atoms. The van der Waals surface area contributed by atoms with E-state index in [0.29, 0.717) is 15.8 Å². The molecule has 2 N–H and O–H groups in total. The van der Waals surface area contributed by atoms with Crippen molar-refractivity contribution in [2.45, 2.75) is 6.61 Å². The molecule has 2 nitrogen and oxygen atoms in total. The molecule has 0 aromatic heterocycles. The van der Waals surface area contributed by atoms with Crippen molar-refractivity contribution in [1.82, 2.24) is 0 Å². The molecule has 2 rings (SSSR count). The van der Waals surface area contributed by atoms with Gasteiger partial charge in [0.1, 0.15) is 23.2 Å². The topological polar surface area (TPSA) is 35.2 Å². The fourth-order valence-electron chi connectivity index (χ4n) is 1.60. The van der Waals surface area contributed by atoms with E-state index in [1.54, 1.807) is 24.3 Å². The number of rotatable bonds is 4. The van der Waals surface area contributed by atoms with Crippen LogP contribution in [0.25, 0.3) is 0 Å². The predicted octanol–water partition coefficient (Wildman–Crippen LogP) is 4.35. The summed E-state index contributed by atoms with van der Waals surface area (Å²) in [7, 11) is 0. The Bertz CT molecular complexity index is 664. The zero-order valence-corrected chi connectivity index (χ0v) is 12.5. The van der Waals surface area contributed by atoms with Crippen LogP contribution in [-0.2, 0) is 6.61 Å². The van der Waals surface area contributed by atoms with Gasteiger partial charge in [-0.15, -0.1) is 0 Å². The molecule has 2 aromatic carbocycles. The van der Waals surface area contributed by atoms with E-state index in [2.05, 4.69) is 0 Å². The fraction of sp³-hybridized carbons (Fsp3) is 0.0714. The molecule has 0 saturated heterocycles. The molecular formula is C14H10Cl2FNOS. The van der Waals surface area contributed by atoms with Crippen molar-refractivity contribution in [3.63, 3.8) is 0 Å². The van der Waals surface area contributed by atoms with Crippen LogP contribution in [-0.4, -0.2) is 4.99 Å². The Morgan fingerprint density at radius 2 is 1.95 bits per heavy atom.